The van der Waals surface area contributed by atoms with Crippen LogP contribution in [-0.4, -0.2) is 75.5 Å². The summed E-state index contributed by atoms with van der Waals surface area (Å²) < 4.78 is 16.3. The normalized spacial score (nSPS) is 13.6. The minimum atomic E-state index is -1.14. The minimum absolute atomic E-state index is 0.0250. The smallest absolute Gasteiger partial charge is 0.306 e. The van der Waals surface area contributed by atoms with Crippen molar-refractivity contribution in [1.29, 1.82) is 0 Å². The number of hydrogen-bond donors (Lipinski definition) is 0. The van der Waals surface area contributed by atoms with E-state index < -0.39 is 24.1 Å². The van der Waals surface area contributed by atoms with Gasteiger partial charge in [-0.2, -0.15) is 0 Å². The second-order valence-corrected chi connectivity index (χ2v) is 11.8. The second kappa shape index (κ2) is 26.2. The van der Waals surface area contributed by atoms with Gasteiger partial charge in [0.1, 0.15) is 12.6 Å². The minimum Gasteiger partial charge on any atom is -0.544 e. The molecule has 0 amide bonds. The van der Waals surface area contributed by atoms with Gasteiger partial charge in [0.25, 0.3) is 0 Å². The van der Waals surface area contributed by atoms with Crippen LogP contribution in [0.25, 0.3) is 0 Å². The number of likely N-dealkylation sites (N-methyl/N-ethyl adjacent to an activating group) is 1. The lowest BCUT2D eigenvalue weighted by molar-refractivity contribution is -0.889. The molecule has 0 aliphatic rings. The number of carboxylic acid groups (broad SMARTS) is 1. The Hall–Kier alpha value is -2.45. The molecule has 0 fully saturated rings. The van der Waals surface area contributed by atoms with Gasteiger partial charge in [0, 0.05) is 19.8 Å². The van der Waals surface area contributed by atoms with E-state index in [4.69, 9.17) is 14.2 Å². The summed E-state index contributed by atoms with van der Waals surface area (Å²) in [5.41, 5.74) is 0. The number of carbonyl (C=O) groups is 3. The lowest BCUT2D eigenvalue weighted by atomic mass is 10.1. The van der Waals surface area contributed by atoms with Crippen LogP contribution in [0.1, 0.15) is 110 Å². The molecule has 0 aromatic rings. The number of nitrogens with zero attached hydrogens (tertiary/aromatic N) is 1. The maximum absolute atomic E-state index is 12.3. The van der Waals surface area contributed by atoms with Crippen LogP contribution in [0.15, 0.2) is 36.5 Å². The summed E-state index contributed by atoms with van der Waals surface area (Å²) in [6.07, 6.45) is 27.8. The summed E-state index contributed by atoms with van der Waals surface area (Å²) in [5.74, 6) is -1.96. The van der Waals surface area contributed by atoms with Gasteiger partial charge in [0.2, 0.25) is 0 Å². The van der Waals surface area contributed by atoms with Crippen molar-refractivity contribution in [1.82, 2.24) is 0 Å². The summed E-state index contributed by atoms with van der Waals surface area (Å²) in [6, 6.07) is -0.722. The molecule has 0 rings (SSSR count). The topological polar surface area (TPSA) is 102 Å². The van der Waals surface area contributed by atoms with Crippen LogP contribution >= 0.6 is 0 Å². The third-order valence-corrected chi connectivity index (χ3v) is 6.84. The van der Waals surface area contributed by atoms with Crippen LogP contribution in [0.4, 0.5) is 0 Å². The van der Waals surface area contributed by atoms with Gasteiger partial charge in [-0.05, 0) is 44.9 Å². The van der Waals surface area contributed by atoms with E-state index in [1.807, 2.05) is 0 Å². The molecule has 8 heteroatoms. The zero-order valence-electron chi connectivity index (χ0n) is 27.2. The van der Waals surface area contributed by atoms with E-state index >= 15 is 0 Å². The highest BCUT2D eigenvalue weighted by atomic mass is 16.6. The Labute approximate surface area is 255 Å². The Kier molecular flexibility index (Phi) is 24.7. The maximum atomic E-state index is 12.3. The average Bonchev–Trinajstić information content (AvgIpc) is 2.91. The first kappa shape index (κ1) is 39.5. The number of hydrogen-bond acceptors (Lipinski definition) is 7. The predicted molar refractivity (Wildman–Crippen MR) is 167 cm³/mol. The van der Waals surface area contributed by atoms with Gasteiger partial charge in [-0.25, -0.2) is 0 Å². The van der Waals surface area contributed by atoms with E-state index in [1.54, 1.807) is 21.1 Å². The molecular weight excluding hydrogens is 534 g/mol. The van der Waals surface area contributed by atoms with Gasteiger partial charge in [0.05, 0.1) is 40.3 Å². The first-order valence-electron chi connectivity index (χ1n) is 15.9. The van der Waals surface area contributed by atoms with E-state index in [9.17, 15) is 19.5 Å². The third kappa shape index (κ3) is 25.3. The number of ether oxygens (including phenoxy) is 3. The predicted octanol–water partition coefficient (Wildman–Crippen LogP) is 5.84. The number of carboxylic acids is 1. The highest BCUT2D eigenvalue weighted by Gasteiger charge is 2.25. The van der Waals surface area contributed by atoms with Gasteiger partial charge < -0.3 is 28.6 Å². The van der Waals surface area contributed by atoms with Gasteiger partial charge in [-0.3, -0.25) is 9.59 Å². The highest BCUT2D eigenvalue weighted by molar-refractivity contribution is 5.70. The lowest BCUT2D eigenvalue weighted by Crippen LogP contribution is -2.55. The molecule has 0 aromatic heterocycles. The Morgan fingerprint density at radius 2 is 1.31 bits per heavy atom. The summed E-state index contributed by atoms with van der Waals surface area (Å²) in [4.78, 5) is 34.9. The number of aliphatic carboxylic acids is 1. The summed E-state index contributed by atoms with van der Waals surface area (Å²) in [7, 11) is 5.33. The van der Waals surface area contributed by atoms with E-state index in [0.29, 0.717) is 6.42 Å². The zero-order chi connectivity index (χ0) is 31.5. The molecule has 0 aliphatic heterocycles. The molecule has 0 saturated carbocycles. The fourth-order valence-corrected chi connectivity index (χ4v) is 4.33. The Morgan fingerprint density at radius 3 is 1.86 bits per heavy atom. The summed E-state index contributed by atoms with van der Waals surface area (Å²) in [6.45, 7) is 3.61. The zero-order valence-corrected chi connectivity index (χ0v) is 27.2. The molecule has 42 heavy (non-hydrogen) atoms. The van der Waals surface area contributed by atoms with E-state index in [-0.39, 0.29) is 36.7 Å². The molecule has 0 radical (unpaired) electrons. The van der Waals surface area contributed by atoms with Crippen LogP contribution < -0.4 is 5.11 Å². The lowest BCUT2D eigenvalue weighted by Gasteiger charge is -2.34. The molecule has 8 nitrogen and oxygen atoms in total. The number of allylic oxidation sites excluding steroid dienone is 6. The molecule has 0 saturated heterocycles. The van der Waals surface area contributed by atoms with E-state index in [0.717, 1.165) is 44.9 Å². The monoisotopic (exact) mass is 593 g/mol. The molecule has 2 atom stereocenters. The van der Waals surface area contributed by atoms with Crippen molar-refractivity contribution in [2.75, 3.05) is 41.0 Å². The maximum Gasteiger partial charge on any atom is 0.306 e. The van der Waals surface area contributed by atoms with Crippen LogP contribution in [0.2, 0.25) is 0 Å². The van der Waals surface area contributed by atoms with E-state index in [1.165, 1.54) is 45.4 Å². The molecule has 242 valence electrons. The van der Waals surface area contributed by atoms with Crippen LogP contribution in [-0.2, 0) is 28.6 Å². The van der Waals surface area contributed by atoms with Crippen molar-refractivity contribution in [3.05, 3.63) is 36.5 Å². The number of quaternary nitrogens is 1. The number of rotatable bonds is 27. The first-order valence-corrected chi connectivity index (χ1v) is 15.9. The van der Waals surface area contributed by atoms with Crippen molar-refractivity contribution >= 4 is 17.9 Å². The third-order valence-electron chi connectivity index (χ3n) is 6.84. The van der Waals surface area contributed by atoms with Crippen LogP contribution in [0.3, 0.4) is 0 Å². The SMILES string of the molecule is CCCCC/C=C\C/C=C\C/C=C\CCCCCCCCC(=O)OC(COCCC(C(=O)[O-])[N+](C)(C)C)COC(C)=O. The fourth-order valence-electron chi connectivity index (χ4n) is 4.33. The van der Waals surface area contributed by atoms with Crippen molar-refractivity contribution in [2.45, 2.75) is 122 Å². The van der Waals surface area contributed by atoms with Gasteiger partial charge in [-0.1, -0.05) is 81.9 Å². The summed E-state index contributed by atoms with van der Waals surface area (Å²) in [5, 5.41) is 11.4. The van der Waals surface area contributed by atoms with Crippen molar-refractivity contribution in [3.63, 3.8) is 0 Å². The Balaban J connectivity index is 3.98. The molecular formula is C34H59NO7. The molecule has 0 aliphatic carbocycles. The standard InChI is InChI=1S/C34H59NO7/c1-6-7-8-9-10-11-12-13-14-15-16-17-18-19-20-21-22-23-24-25-33(37)42-31(29-41-30(2)36)28-40-27-26-32(34(38)39)35(3,4)5/h10-11,13-14,16-17,31-32H,6-9,12,15,18-29H2,1-5H3/b11-10-,14-13-,17-16-. The van der Waals surface area contributed by atoms with Gasteiger partial charge >= 0.3 is 11.9 Å². The van der Waals surface area contributed by atoms with Crippen LogP contribution in [0.5, 0.6) is 0 Å². The highest BCUT2D eigenvalue weighted by Crippen LogP contribution is 2.11. The molecule has 2 unspecified atom stereocenters. The van der Waals surface area contributed by atoms with Crippen molar-refractivity contribution in [3.8, 4) is 0 Å². The molecule has 0 bridgehead atoms. The number of esters is 2. The molecule has 0 aromatic carbocycles. The molecule has 0 heterocycles. The average molecular weight is 594 g/mol. The molecule has 0 N–H and O–H groups in total. The fraction of sp³-hybridized carbons (Fsp3) is 0.735. The van der Waals surface area contributed by atoms with Crippen molar-refractivity contribution in [2.24, 2.45) is 0 Å². The second-order valence-electron chi connectivity index (χ2n) is 11.8. The van der Waals surface area contributed by atoms with Crippen LogP contribution in [0, 0.1) is 0 Å². The molecule has 0 spiro atoms. The number of unbranched alkanes of at least 4 members (excludes halogenated alkanes) is 9. The number of carbonyl (C=O) groups excluding carboxylic acids is 3. The quantitative estimate of drug-likeness (QED) is 0.0510. The Morgan fingerprint density at radius 1 is 0.762 bits per heavy atom. The van der Waals surface area contributed by atoms with Crippen molar-refractivity contribution < 1.29 is 38.2 Å². The van der Waals surface area contributed by atoms with E-state index in [2.05, 4.69) is 43.4 Å². The van der Waals surface area contributed by atoms with Gasteiger partial charge in [-0.15, -0.1) is 0 Å². The summed E-state index contributed by atoms with van der Waals surface area (Å²) >= 11 is 0. The van der Waals surface area contributed by atoms with Gasteiger partial charge in [0.15, 0.2) is 6.10 Å². The Bertz CT molecular complexity index is 798. The largest absolute Gasteiger partial charge is 0.544 e. The first-order chi connectivity index (χ1) is 20.1.